The van der Waals surface area contributed by atoms with Crippen molar-refractivity contribution in [3.8, 4) is 0 Å². The highest BCUT2D eigenvalue weighted by atomic mass is 32.2. The first kappa shape index (κ1) is 10.4. The van der Waals surface area contributed by atoms with Crippen molar-refractivity contribution in [2.24, 2.45) is 0 Å². The molecule has 0 atom stereocenters. The molecule has 1 rings (SSSR count). The monoisotopic (exact) mass is 207 g/mol. The van der Waals surface area contributed by atoms with Crippen molar-refractivity contribution in [2.75, 3.05) is 5.75 Å². The molecule has 1 nitrogen and oxygen atoms in total. The van der Waals surface area contributed by atoms with Crippen molar-refractivity contribution in [1.29, 1.82) is 0 Å². The molecule has 13 heavy (non-hydrogen) atoms. The van der Waals surface area contributed by atoms with E-state index < -0.39 is 11.7 Å². The van der Waals surface area contributed by atoms with E-state index >= 15 is 0 Å². The van der Waals surface area contributed by atoms with E-state index in [1.54, 1.807) is 0 Å². The summed E-state index contributed by atoms with van der Waals surface area (Å²) in [5.74, 6) is 0.804. The van der Waals surface area contributed by atoms with Gasteiger partial charge in [-0.1, -0.05) is 6.92 Å². The molecule has 1 aromatic rings. The molecule has 0 aliphatic rings. The average Bonchev–Trinajstić information content (AvgIpc) is 2.04. The Labute approximate surface area is 78.4 Å². The van der Waals surface area contributed by atoms with Crippen LogP contribution in [0.1, 0.15) is 12.5 Å². The van der Waals surface area contributed by atoms with Gasteiger partial charge in [0.25, 0.3) is 0 Å². The van der Waals surface area contributed by atoms with Gasteiger partial charge in [0.2, 0.25) is 0 Å². The van der Waals surface area contributed by atoms with Gasteiger partial charge in [-0.2, -0.15) is 13.2 Å². The lowest BCUT2D eigenvalue weighted by molar-refractivity contribution is -0.137. The van der Waals surface area contributed by atoms with E-state index in [9.17, 15) is 13.2 Å². The Balaban J connectivity index is 2.81. The summed E-state index contributed by atoms with van der Waals surface area (Å²) in [5, 5.41) is 0.621. The molecule has 0 aliphatic carbocycles. The molecule has 0 saturated heterocycles. The maximum Gasteiger partial charge on any atom is 0.417 e. The van der Waals surface area contributed by atoms with Gasteiger partial charge in [-0.25, -0.2) is 4.98 Å². The van der Waals surface area contributed by atoms with Crippen LogP contribution in [0, 0.1) is 0 Å². The van der Waals surface area contributed by atoms with Gasteiger partial charge in [0.15, 0.2) is 0 Å². The standard InChI is InChI=1S/C8H8F3NS/c1-2-13-7-4-3-6(5-12-7)8(9,10)11/h3-5H,2H2,1H3. The Bertz CT molecular complexity index is 268. The number of pyridine rings is 1. The van der Waals surface area contributed by atoms with Crippen LogP contribution in [-0.4, -0.2) is 10.7 Å². The molecular weight excluding hydrogens is 199 g/mol. The number of hydrogen-bond donors (Lipinski definition) is 0. The van der Waals surface area contributed by atoms with Crippen LogP contribution in [0.25, 0.3) is 0 Å². The maximum atomic E-state index is 12.1. The lowest BCUT2D eigenvalue weighted by Crippen LogP contribution is -2.04. The van der Waals surface area contributed by atoms with E-state index in [-0.39, 0.29) is 0 Å². The first-order valence-corrected chi connectivity index (χ1v) is 4.68. The highest BCUT2D eigenvalue weighted by Gasteiger charge is 2.30. The third-order valence-electron chi connectivity index (χ3n) is 1.36. The minimum atomic E-state index is -4.29. The summed E-state index contributed by atoms with van der Waals surface area (Å²) in [7, 11) is 0. The van der Waals surface area contributed by atoms with Gasteiger partial charge in [-0.05, 0) is 17.9 Å². The smallest absolute Gasteiger partial charge is 0.249 e. The van der Waals surface area contributed by atoms with Crippen LogP contribution in [0.3, 0.4) is 0 Å². The Kier molecular flexibility index (Phi) is 3.19. The van der Waals surface area contributed by atoms with Crippen molar-refractivity contribution < 1.29 is 13.2 Å². The van der Waals surface area contributed by atoms with Crippen LogP contribution in [0.5, 0.6) is 0 Å². The molecule has 72 valence electrons. The third-order valence-corrected chi connectivity index (χ3v) is 2.18. The van der Waals surface area contributed by atoms with Crippen LogP contribution >= 0.6 is 11.8 Å². The molecule has 0 fully saturated rings. The molecule has 0 radical (unpaired) electrons. The van der Waals surface area contributed by atoms with E-state index in [0.717, 1.165) is 18.0 Å². The van der Waals surface area contributed by atoms with Crippen molar-refractivity contribution in [1.82, 2.24) is 4.98 Å². The Morgan fingerprint density at radius 2 is 2.08 bits per heavy atom. The summed E-state index contributed by atoms with van der Waals surface area (Å²) in [5.41, 5.74) is -0.701. The quantitative estimate of drug-likeness (QED) is 0.690. The summed E-state index contributed by atoms with van der Waals surface area (Å²) in [6.07, 6.45) is -3.43. The van der Waals surface area contributed by atoms with Crippen molar-refractivity contribution >= 4 is 11.8 Å². The second-order valence-electron chi connectivity index (χ2n) is 2.32. The number of aromatic nitrogens is 1. The molecule has 0 N–H and O–H groups in total. The van der Waals surface area contributed by atoms with E-state index in [4.69, 9.17) is 0 Å². The Morgan fingerprint density at radius 3 is 2.46 bits per heavy atom. The molecule has 0 spiro atoms. The van der Waals surface area contributed by atoms with Crippen molar-refractivity contribution in [2.45, 2.75) is 18.1 Å². The van der Waals surface area contributed by atoms with E-state index in [1.807, 2.05) is 6.92 Å². The second-order valence-corrected chi connectivity index (χ2v) is 3.60. The molecule has 1 aromatic heterocycles. The van der Waals surface area contributed by atoms with Gasteiger partial charge in [0, 0.05) is 6.20 Å². The predicted octanol–water partition coefficient (Wildman–Crippen LogP) is 3.21. The van der Waals surface area contributed by atoms with Gasteiger partial charge in [-0.15, -0.1) is 11.8 Å². The van der Waals surface area contributed by atoms with Crippen LogP contribution in [0.4, 0.5) is 13.2 Å². The highest BCUT2D eigenvalue weighted by molar-refractivity contribution is 7.99. The minimum Gasteiger partial charge on any atom is -0.249 e. The Hall–Kier alpha value is -0.710. The molecule has 0 amide bonds. The first-order valence-electron chi connectivity index (χ1n) is 3.70. The topological polar surface area (TPSA) is 12.9 Å². The molecule has 0 saturated carbocycles. The molecule has 0 bridgehead atoms. The molecule has 5 heteroatoms. The normalized spacial score (nSPS) is 11.7. The fourth-order valence-corrected chi connectivity index (χ4v) is 1.37. The van der Waals surface area contributed by atoms with Crippen LogP contribution in [0.15, 0.2) is 23.4 Å². The number of halogens is 3. The summed E-state index contributed by atoms with van der Waals surface area (Å²) in [6, 6.07) is 2.43. The van der Waals surface area contributed by atoms with Crippen LogP contribution < -0.4 is 0 Å². The van der Waals surface area contributed by atoms with E-state index in [0.29, 0.717) is 5.03 Å². The fraction of sp³-hybridized carbons (Fsp3) is 0.375. The number of thioether (sulfide) groups is 1. The summed E-state index contributed by atoms with van der Waals surface area (Å²) < 4.78 is 36.2. The van der Waals surface area contributed by atoms with Crippen molar-refractivity contribution in [3.05, 3.63) is 23.9 Å². The lowest BCUT2D eigenvalue weighted by atomic mass is 10.3. The van der Waals surface area contributed by atoms with Gasteiger partial charge >= 0.3 is 6.18 Å². The largest absolute Gasteiger partial charge is 0.417 e. The average molecular weight is 207 g/mol. The lowest BCUT2D eigenvalue weighted by Gasteiger charge is -2.05. The molecule has 1 heterocycles. The zero-order valence-corrected chi connectivity index (χ0v) is 7.75. The summed E-state index contributed by atoms with van der Waals surface area (Å²) in [6.45, 7) is 1.92. The fourth-order valence-electron chi connectivity index (χ4n) is 0.781. The Morgan fingerprint density at radius 1 is 1.38 bits per heavy atom. The van der Waals surface area contributed by atoms with E-state index in [2.05, 4.69) is 4.98 Å². The SMILES string of the molecule is CCSc1ccc(C(F)(F)F)cn1. The van der Waals surface area contributed by atoms with Crippen molar-refractivity contribution in [3.63, 3.8) is 0 Å². The molecule has 0 aliphatic heterocycles. The van der Waals surface area contributed by atoms with Gasteiger partial charge in [0.1, 0.15) is 0 Å². The summed E-state index contributed by atoms with van der Waals surface area (Å²) >= 11 is 1.42. The third kappa shape index (κ3) is 2.91. The minimum absolute atomic E-state index is 0.621. The molecule has 0 unspecified atom stereocenters. The van der Waals surface area contributed by atoms with Gasteiger partial charge in [-0.3, -0.25) is 0 Å². The number of hydrogen-bond acceptors (Lipinski definition) is 2. The molecular formula is C8H8F3NS. The highest BCUT2D eigenvalue weighted by Crippen LogP contribution is 2.29. The van der Waals surface area contributed by atoms with E-state index in [1.165, 1.54) is 17.8 Å². The second kappa shape index (κ2) is 4.00. The molecule has 0 aromatic carbocycles. The first-order chi connectivity index (χ1) is 6.04. The zero-order valence-electron chi connectivity index (χ0n) is 6.93. The number of rotatable bonds is 2. The summed E-state index contributed by atoms with van der Waals surface area (Å²) in [4.78, 5) is 3.68. The zero-order chi connectivity index (χ0) is 9.90. The number of alkyl halides is 3. The number of nitrogens with zero attached hydrogens (tertiary/aromatic N) is 1. The van der Waals surface area contributed by atoms with Crippen LogP contribution in [-0.2, 0) is 6.18 Å². The van der Waals surface area contributed by atoms with Crippen LogP contribution in [0.2, 0.25) is 0 Å². The van der Waals surface area contributed by atoms with Gasteiger partial charge < -0.3 is 0 Å². The predicted molar refractivity (Wildman–Crippen MR) is 45.6 cm³/mol. The maximum absolute atomic E-state index is 12.1. The van der Waals surface area contributed by atoms with Gasteiger partial charge in [0.05, 0.1) is 10.6 Å².